The van der Waals surface area contributed by atoms with Gasteiger partial charge in [-0.3, -0.25) is 4.79 Å². The Kier molecular flexibility index (Phi) is 4.14. The van der Waals surface area contributed by atoms with E-state index in [0.717, 1.165) is 0 Å². The molecule has 0 aromatic rings. The number of carbonyl (C=O) groups excluding carboxylic acids is 1. The molecule has 0 unspecified atom stereocenters. The van der Waals surface area contributed by atoms with Gasteiger partial charge in [0.1, 0.15) is 0 Å². The number of hydrogen-bond acceptors (Lipinski definition) is 2. The third-order valence-electron chi connectivity index (χ3n) is 1.76. The van der Waals surface area contributed by atoms with Crippen LogP contribution in [0.4, 0.5) is 0 Å². The number of nitrogens with two attached hydrogens (primary N) is 1. The minimum absolute atomic E-state index is 0.0394. The molecule has 1 amide bonds. The monoisotopic (exact) mass is 184 g/mol. The van der Waals surface area contributed by atoms with Crippen LogP contribution in [-0.4, -0.2) is 28.9 Å². The lowest BCUT2D eigenvalue weighted by atomic mass is 10.0. The van der Waals surface area contributed by atoms with E-state index in [4.69, 9.17) is 5.73 Å². The van der Waals surface area contributed by atoms with Crippen molar-refractivity contribution in [2.45, 2.75) is 39.3 Å². The molecular formula is C10H20N2O. The van der Waals surface area contributed by atoms with Crippen molar-refractivity contribution in [1.82, 2.24) is 4.90 Å². The summed E-state index contributed by atoms with van der Waals surface area (Å²) in [4.78, 5) is 13.5. The van der Waals surface area contributed by atoms with E-state index < -0.39 is 5.54 Å². The highest BCUT2D eigenvalue weighted by atomic mass is 16.2. The van der Waals surface area contributed by atoms with E-state index in [1.807, 2.05) is 13.8 Å². The lowest BCUT2D eigenvalue weighted by molar-refractivity contribution is -0.136. The van der Waals surface area contributed by atoms with Gasteiger partial charge in [-0.05, 0) is 27.7 Å². The number of nitrogens with zero attached hydrogens (tertiary/aromatic N) is 1. The van der Waals surface area contributed by atoms with Crippen LogP contribution < -0.4 is 5.73 Å². The van der Waals surface area contributed by atoms with E-state index in [1.54, 1.807) is 24.8 Å². The molecule has 0 bridgehead atoms. The topological polar surface area (TPSA) is 46.3 Å². The zero-order valence-corrected chi connectivity index (χ0v) is 9.00. The Labute approximate surface area is 80.6 Å². The van der Waals surface area contributed by atoms with Crippen LogP contribution in [0.2, 0.25) is 0 Å². The van der Waals surface area contributed by atoms with Crippen molar-refractivity contribution in [3.63, 3.8) is 0 Å². The predicted molar refractivity (Wildman–Crippen MR) is 55.3 cm³/mol. The van der Waals surface area contributed by atoms with Crippen LogP contribution >= 0.6 is 0 Å². The zero-order valence-electron chi connectivity index (χ0n) is 9.00. The molecule has 0 heterocycles. The normalized spacial score (nSPS) is 11.5. The summed E-state index contributed by atoms with van der Waals surface area (Å²) in [6.07, 6.45) is 1.71. The molecule has 0 radical (unpaired) electrons. The molecule has 3 nitrogen and oxygen atoms in total. The lowest BCUT2D eigenvalue weighted by Crippen LogP contribution is -2.53. The van der Waals surface area contributed by atoms with E-state index in [9.17, 15) is 4.79 Å². The molecule has 0 aliphatic heterocycles. The fourth-order valence-corrected chi connectivity index (χ4v) is 1.04. The molecule has 76 valence electrons. The van der Waals surface area contributed by atoms with Gasteiger partial charge in [-0.1, -0.05) is 6.08 Å². The first-order chi connectivity index (χ1) is 5.80. The highest BCUT2D eigenvalue weighted by Crippen LogP contribution is 2.08. The molecule has 3 heteroatoms. The molecule has 0 saturated heterocycles. The summed E-state index contributed by atoms with van der Waals surface area (Å²) in [5, 5.41) is 0. The van der Waals surface area contributed by atoms with Crippen molar-refractivity contribution in [3.8, 4) is 0 Å². The van der Waals surface area contributed by atoms with Gasteiger partial charge in [0.25, 0.3) is 0 Å². The Hall–Kier alpha value is -0.830. The van der Waals surface area contributed by atoms with E-state index in [2.05, 4.69) is 6.58 Å². The van der Waals surface area contributed by atoms with Gasteiger partial charge in [-0.15, -0.1) is 6.58 Å². The Morgan fingerprint density at radius 2 is 2.08 bits per heavy atom. The van der Waals surface area contributed by atoms with Gasteiger partial charge in [0, 0.05) is 12.6 Å². The summed E-state index contributed by atoms with van der Waals surface area (Å²) >= 11 is 0. The molecule has 0 aromatic heterocycles. The van der Waals surface area contributed by atoms with E-state index in [0.29, 0.717) is 6.54 Å². The highest BCUT2D eigenvalue weighted by Gasteiger charge is 2.28. The van der Waals surface area contributed by atoms with Crippen LogP contribution in [0.15, 0.2) is 12.7 Å². The first kappa shape index (κ1) is 12.2. The zero-order chi connectivity index (χ0) is 10.6. The quantitative estimate of drug-likeness (QED) is 0.666. The number of hydrogen-bond donors (Lipinski definition) is 1. The Morgan fingerprint density at radius 3 is 2.31 bits per heavy atom. The fourth-order valence-electron chi connectivity index (χ4n) is 1.04. The van der Waals surface area contributed by atoms with Crippen molar-refractivity contribution in [1.29, 1.82) is 0 Å². The number of carbonyl (C=O) groups is 1. The molecule has 0 spiro atoms. The minimum atomic E-state index is -0.798. The SMILES string of the molecule is C=CCN(C(=O)C(C)(C)N)C(C)C. The summed E-state index contributed by atoms with van der Waals surface area (Å²) in [6, 6.07) is 0.160. The van der Waals surface area contributed by atoms with E-state index >= 15 is 0 Å². The van der Waals surface area contributed by atoms with E-state index in [1.165, 1.54) is 0 Å². The second-order valence-electron chi connectivity index (χ2n) is 4.06. The van der Waals surface area contributed by atoms with Crippen molar-refractivity contribution in [3.05, 3.63) is 12.7 Å². The maximum atomic E-state index is 11.7. The lowest BCUT2D eigenvalue weighted by Gasteiger charge is -2.31. The Morgan fingerprint density at radius 1 is 1.62 bits per heavy atom. The van der Waals surface area contributed by atoms with Crippen LogP contribution in [0, 0.1) is 0 Å². The smallest absolute Gasteiger partial charge is 0.242 e. The van der Waals surface area contributed by atoms with Crippen LogP contribution in [0.1, 0.15) is 27.7 Å². The summed E-state index contributed by atoms with van der Waals surface area (Å²) in [5.41, 5.74) is 4.92. The Balaban J connectivity index is 4.56. The van der Waals surface area contributed by atoms with Crippen molar-refractivity contribution >= 4 is 5.91 Å². The van der Waals surface area contributed by atoms with Crippen LogP contribution in [0.3, 0.4) is 0 Å². The van der Waals surface area contributed by atoms with Gasteiger partial charge in [0.05, 0.1) is 5.54 Å². The maximum Gasteiger partial charge on any atom is 0.242 e. The fraction of sp³-hybridized carbons (Fsp3) is 0.700. The summed E-state index contributed by atoms with van der Waals surface area (Å²) in [5.74, 6) is -0.0394. The average molecular weight is 184 g/mol. The first-order valence-electron chi connectivity index (χ1n) is 4.51. The third-order valence-corrected chi connectivity index (χ3v) is 1.76. The summed E-state index contributed by atoms with van der Waals surface area (Å²) in [6.45, 7) is 11.5. The van der Waals surface area contributed by atoms with Crippen LogP contribution in [0.25, 0.3) is 0 Å². The van der Waals surface area contributed by atoms with Crippen molar-refractivity contribution in [2.75, 3.05) is 6.54 Å². The predicted octanol–water partition coefficient (Wildman–Crippen LogP) is 1.15. The first-order valence-corrected chi connectivity index (χ1v) is 4.51. The number of rotatable bonds is 4. The molecule has 2 N–H and O–H groups in total. The van der Waals surface area contributed by atoms with Crippen LogP contribution in [-0.2, 0) is 4.79 Å². The minimum Gasteiger partial charge on any atom is -0.335 e. The van der Waals surface area contributed by atoms with Gasteiger partial charge in [-0.2, -0.15) is 0 Å². The van der Waals surface area contributed by atoms with E-state index in [-0.39, 0.29) is 11.9 Å². The molecule has 0 atom stereocenters. The second kappa shape index (κ2) is 4.42. The molecule has 0 aromatic carbocycles. The summed E-state index contributed by atoms with van der Waals surface area (Å²) in [7, 11) is 0. The number of amides is 1. The largest absolute Gasteiger partial charge is 0.335 e. The molecule has 13 heavy (non-hydrogen) atoms. The van der Waals surface area contributed by atoms with Crippen molar-refractivity contribution < 1.29 is 4.79 Å². The molecule has 0 rings (SSSR count). The Bertz CT molecular complexity index is 192. The maximum absolute atomic E-state index is 11.7. The summed E-state index contributed by atoms with van der Waals surface area (Å²) < 4.78 is 0. The molecule has 0 fully saturated rings. The van der Waals surface area contributed by atoms with Crippen LogP contribution in [0.5, 0.6) is 0 Å². The molecule has 0 aliphatic carbocycles. The van der Waals surface area contributed by atoms with Crippen molar-refractivity contribution in [2.24, 2.45) is 5.73 Å². The second-order valence-corrected chi connectivity index (χ2v) is 4.06. The molecule has 0 aliphatic rings. The third kappa shape index (κ3) is 3.59. The standard InChI is InChI=1S/C10H20N2O/c1-6-7-12(8(2)3)9(13)10(4,5)11/h6,8H,1,7,11H2,2-5H3. The van der Waals surface area contributed by atoms with Gasteiger partial charge < -0.3 is 10.6 Å². The van der Waals surface area contributed by atoms with Gasteiger partial charge in [0.2, 0.25) is 5.91 Å². The molecular weight excluding hydrogens is 164 g/mol. The molecule has 0 saturated carbocycles. The van der Waals surface area contributed by atoms with Gasteiger partial charge in [-0.25, -0.2) is 0 Å². The average Bonchev–Trinajstić information content (AvgIpc) is 1.96. The van der Waals surface area contributed by atoms with Gasteiger partial charge in [0.15, 0.2) is 0 Å². The highest BCUT2D eigenvalue weighted by molar-refractivity contribution is 5.85. The van der Waals surface area contributed by atoms with Gasteiger partial charge >= 0.3 is 0 Å².